The van der Waals surface area contributed by atoms with Crippen LogP contribution in [-0.2, 0) is 0 Å². The molecular weight excluding hydrogens is 330 g/mol. The zero-order chi connectivity index (χ0) is 17.3. The van der Waals surface area contributed by atoms with Crippen molar-refractivity contribution in [3.05, 3.63) is 52.7 Å². The van der Waals surface area contributed by atoms with Crippen LogP contribution in [0, 0.1) is 6.92 Å². The Morgan fingerprint density at radius 1 is 1.08 bits per heavy atom. The summed E-state index contributed by atoms with van der Waals surface area (Å²) < 4.78 is 16.1. The van der Waals surface area contributed by atoms with Gasteiger partial charge in [0.25, 0.3) is 5.91 Å². The van der Waals surface area contributed by atoms with Gasteiger partial charge in [-0.05, 0) is 42.8 Å². The van der Waals surface area contributed by atoms with Crippen LogP contribution < -0.4 is 14.8 Å². The van der Waals surface area contributed by atoms with Crippen LogP contribution in [0.5, 0.6) is 11.5 Å². The van der Waals surface area contributed by atoms with E-state index in [1.165, 1.54) is 0 Å². The van der Waals surface area contributed by atoms with Gasteiger partial charge in [-0.25, -0.2) is 0 Å². The van der Waals surface area contributed by atoms with Crippen LogP contribution in [-0.4, -0.2) is 20.1 Å². The van der Waals surface area contributed by atoms with Crippen molar-refractivity contribution in [2.75, 3.05) is 19.5 Å². The number of furan rings is 1. The largest absolute Gasteiger partial charge is 0.493 e. The minimum absolute atomic E-state index is 0.210. The number of nitrogens with one attached hydrogen (secondary N) is 1. The van der Waals surface area contributed by atoms with Crippen molar-refractivity contribution in [3.63, 3.8) is 0 Å². The Kier molecular flexibility index (Phi) is 4.36. The molecule has 1 heterocycles. The number of rotatable bonds is 4. The summed E-state index contributed by atoms with van der Waals surface area (Å²) in [6.45, 7) is 1.87. The SMILES string of the molecule is COc1cc(C)c(NC(=O)c2cc3cc(Cl)ccc3o2)cc1OC. The number of carbonyl (C=O) groups excluding carboxylic acids is 1. The molecule has 3 rings (SSSR count). The highest BCUT2D eigenvalue weighted by Gasteiger charge is 2.16. The first-order chi connectivity index (χ1) is 11.5. The van der Waals surface area contributed by atoms with E-state index in [0.29, 0.717) is 27.8 Å². The van der Waals surface area contributed by atoms with E-state index in [1.54, 1.807) is 50.6 Å². The van der Waals surface area contributed by atoms with Crippen molar-refractivity contribution in [1.29, 1.82) is 0 Å². The highest BCUT2D eigenvalue weighted by Crippen LogP contribution is 2.33. The van der Waals surface area contributed by atoms with Crippen molar-refractivity contribution >= 4 is 34.2 Å². The van der Waals surface area contributed by atoms with Gasteiger partial charge >= 0.3 is 0 Å². The maximum Gasteiger partial charge on any atom is 0.291 e. The van der Waals surface area contributed by atoms with E-state index in [2.05, 4.69) is 5.32 Å². The quantitative estimate of drug-likeness (QED) is 0.746. The van der Waals surface area contributed by atoms with E-state index in [4.69, 9.17) is 25.5 Å². The van der Waals surface area contributed by atoms with Gasteiger partial charge in [0.15, 0.2) is 17.3 Å². The first-order valence-electron chi connectivity index (χ1n) is 7.25. The number of fused-ring (bicyclic) bond motifs is 1. The molecule has 0 fully saturated rings. The van der Waals surface area contributed by atoms with E-state index in [0.717, 1.165) is 10.9 Å². The van der Waals surface area contributed by atoms with E-state index in [-0.39, 0.29) is 11.7 Å². The van der Waals surface area contributed by atoms with Gasteiger partial charge in [0.1, 0.15) is 5.58 Å². The summed E-state index contributed by atoms with van der Waals surface area (Å²) in [4.78, 5) is 12.5. The molecule has 0 aliphatic carbocycles. The van der Waals surface area contributed by atoms with E-state index >= 15 is 0 Å². The van der Waals surface area contributed by atoms with Crippen LogP contribution in [0.3, 0.4) is 0 Å². The molecule has 0 spiro atoms. The molecule has 2 aromatic carbocycles. The Bertz CT molecular complexity index is 917. The molecule has 0 aliphatic rings. The third-order valence-electron chi connectivity index (χ3n) is 3.68. The number of anilines is 1. The maximum atomic E-state index is 12.5. The van der Waals surface area contributed by atoms with Crippen molar-refractivity contribution < 1.29 is 18.7 Å². The Hall–Kier alpha value is -2.66. The smallest absolute Gasteiger partial charge is 0.291 e. The molecule has 0 saturated heterocycles. The lowest BCUT2D eigenvalue weighted by Gasteiger charge is -2.13. The molecular formula is C18H16ClNO4. The lowest BCUT2D eigenvalue weighted by atomic mass is 10.1. The molecule has 3 aromatic rings. The Morgan fingerprint density at radius 2 is 1.79 bits per heavy atom. The molecule has 0 unspecified atom stereocenters. The molecule has 0 atom stereocenters. The number of halogens is 1. The number of methoxy groups -OCH3 is 2. The Morgan fingerprint density at radius 3 is 2.50 bits per heavy atom. The summed E-state index contributed by atoms with van der Waals surface area (Å²) in [7, 11) is 3.11. The first kappa shape index (κ1) is 16.2. The number of ether oxygens (including phenoxy) is 2. The van der Waals surface area contributed by atoms with Crippen LogP contribution in [0.1, 0.15) is 16.1 Å². The lowest BCUT2D eigenvalue weighted by molar-refractivity contribution is 0.0998. The number of carbonyl (C=O) groups is 1. The second-order valence-corrected chi connectivity index (χ2v) is 5.71. The minimum Gasteiger partial charge on any atom is -0.493 e. The van der Waals surface area contributed by atoms with Crippen molar-refractivity contribution in [2.24, 2.45) is 0 Å². The highest BCUT2D eigenvalue weighted by molar-refractivity contribution is 6.31. The second kappa shape index (κ2) is 6.45. The lowest BCUT2D eigenvalue weighted by Crippen LogP contribution is -2.12. The van der Waals surface area contributed by atoms with Crippen LogP contribution in [0.4, 0.5) is 5.69 Å². The molecule has 0 saturated carbocycles. The van der Waals surface area contributed by atoms with E-state index < -0.39 is 0 Å². The molecule has 124 valence electrons. The number of hydrogen-bond acceptors (Lipinski definition) is 4. The first-order valence-corrected chi connectivity index (χ1v) is 7.62. The fourth-order valence-corrected chi connectivity index (χ4v) is 2.61. The zero-order valence-corrected chi connectivity index (χ0v) is 14.2. The molecule has 1 amide bonds. The normalized spacial score (nSPS) is 10.7. The molecule has 1 aromatic heterocycles. The topological polar surface area (TPSA) is 60.7 Å². The van der Waals surface area contributed by atoms with E-state index in [9.17, 15) is 4.79 Å². The average Bonchev–Trinajstić information content (AvgIpc) is 2.99. The molecule has 0 radical (unpaired) electrons. The van der Waals surface area contributed by atoms with Gasteiger partial charge in [0.05, 0.1) is 14.2 Å². The number of aryl methyl sites for hydroxylation is 1. The van der Waals surface area contributed by atoms with Crippen LogP contribution >= 0.6 is 11.6 Å². The molecule has 24 heavy (non-hydrogen) atoms. The third kappa shape index (κ3) is 3.03. The van der Waals surface area contributed by atoms with Gasteiger partial charge in [0.2, 0.25) is 0 Å². The molecule has 0 aliphatic heterocycles. The zero-order valence-electron chi connectivity index (χ0n) is 13.5. The van der Waals surface area contributed by atoms with Gasteiger partial charge < -0.3 is 19.2 Å². The standard InChI is InChI=1S/C18H16ClNO4/c1-10-6-15(22-2)16(23-3)9-13(10)20-18(21)17-8-11-7-12(19)4-5-14(11)24-17/h4-9H,1-3H3,(H,20,21). The van der Waals surface area contributed by atoms with Crippen molar-refractivity contribution in [1.82, 2.24) is 0 Å². The van der Waals surface area contributed by atoms with Gasteiger partial charge in [0, 0.05) is 22.2 Å². The molecule has 5 nitrogen and oxygen atoms in total. The second-order valence-electron chi connectivity index (χ2n) is 5.27. The van der Waals surface area contributed by atoms with Crippen molar-refractivity contribution in [3.8, 4) is 11.5 Å². The third-order valence-corrected chi connectivity index (χ3v) is 3.92. The maximum absolute atomic E-state index is 12.5. The average molecular weight is 346 g/mol. The number of benzene rings is 2. The summed E-state index contributed by atoms with van der Waals surface area (Å²) in [5, 5.41) is 4.19. The number of amides is 1. The summed E-state index contributed by atoms with van der Waals surface area (Å²) in [5.74, 6) is 1.00. The van der Waals surface area contributed by atoms with Gasteiger partial charge in [-0.2, -0.15) is 0 Å². The monoisotopic (exact) mass is 345 g/mol. The minimum atomic E-state index is -0.349. The summed E-state index contributed by atoms with van der Waals surface area (Å²) in [5.41, 5.74) is 2.07. The van der Waals surface area contributed by atoms with Gasteiger partial charge in [-0.15, -0.1) is 0 Å². The summed E-state index contributed by atoms with van der Waals surface area (Å²) in [6, 6.07) is 10.4. The van der Waals surface area contributed by atoms with Crippen LogP contribution in [0.2, 0.25) is 5.02 Å². The fraction of sp³-hybridized carbons (Fsp3) is 0.167. The summed E-state index contributed by atoms with van der Waals surface area (Å²) >= 11 is 5.95. The number of hydrogen-bond donors (Lipinski definition) is 1. The highest BCUT2D eigenvalue weighted by atomic mass is 35.5. The summed E-state index contributed by atoms with van der Waals surface area (Å²) in [6.07, 6.45) is 0. The van der Waals surface area contributed by atoms with Crippen LogP contribution in [0.15, 0.2) is 40.8 Å². The molecule has 6 heteroatoms. The van der Waals surface area contributed by atoms with Crippen LogP contribution in [0.25, 0.3) is 11.0 Å². The van der Waals surface area contributed by atoms with Gasteiger partial charge in [-0.1, -0.05) is 11.6 Å². The van der Waals surface area contributed by atoms with Gasteiger partial charge in [-0.3, -0.25) is 4.79 Å². The molecule has 0 bridgehead atoms. The fourth-order valence-electron chi connectivity index (χ4n) is 2.43. The molecule has 1 N–H and O–H groups in total. The van der Waals surface area contributed by atoms with E-state index in [1.807, 2.05) is 6.92 Å². The predicted octanol–water partition coefficient (Wildman–Crippen LogP) is 4.66. The Balaban J connectivity index is 1.90. The van der Waals surface area contributed by atoms with Crippen molar-refractivity contribution in [2.45, 2.75) is 6.92 Å². The predicted molar refractivity (Wildman–Crippen MR) is 93.5 cm³/mol. The Labute approximate surface area is 144 Å².